The SMILES string of the molecule is O=C(C1CCN(Cc2ccccc2)CC1)N1CCN2CCOCC2C1. The van der Waals surface area contributed by atoms with E-state index in [1.54, 1.807) is 0 Å². The van der Waals surface area contributed by atoms with Gasteiger partial charge in [-0.2, -0.15) is 0 Å². The molecule has 4 rings (SSSR count). The summed E-state index contributed by atoms with van der Waals surface area (Å²) in [5.74, 6) is 0.590. The van der Waals surface area contributed by atoms with Crippen molar-refractivity contribution < 1.29 is 9.53 Å². The number of hydrogen-bond donors (Lipinski definition) is 0. The van der Waals surface area contributed by atoms with E-state index < -0.39 is 0 Å². The Morgan fingerprint density at radius 2 is 1.84 bits per heavy atom. The summed E-state index contributed by atoms with van der Waals surface area (Å²) in [7, 11) is 0. The molecule has 3 aliphatic heterocycles. The molecular weight excluding hydrogens is 314 g/mol. The Hall–Kier alpha value is -1.43. The number of amides is 1. The molecule has 0 spiro atoms. The lowest BCUT2D eigenvalue weighted by atomic mass is 9.94. The third kappa shape index (κ3) is 4.05. The van der Waals surface area contributed by atoms with Crippen LogP contribution in [0.2, 0.25) is 0 Å². The van der Waals surface area contributed by atoms with Crippen molar-refractivity contribution in [2.75, 3.05) is 52.5 Å². The maximum atomic E-state index is 12.9. The fourth-order valence-corrected chi connectivity index (χ4v) is 4.38. The van der Waals surface area contributed by atoms with Gasteiger partial charge in [0.25, 0.3) is 0 Å². The maximum absolute atomic E-state index is 12.9. The maximum Gasteiger partial charge on any atom is 0.225 e. The van der Waals surface area contributed by atoms with Crippen LogP contribution < -0.4 is 0 Å². The lowest BCUT2D eigenvalue weighted by molar-refractivity contribution is -0.142. The van der Waals surface area contributed by atoms with E-state index in [4.69, 9.17) is 4.74 Å². The molecule has 3 saturated heterocycles. The summed E-state index contributed by atoms with van der Waals surface area (Å²) in [5.41, 5.74) is 1.36. The normalized spacial score (nSPS) is 26.4. The van der Waals surface area contributed by atoms with Gasteiger partial charge in [-0.3, -0.25) is 14.6 Å². The second-order valence-corrected chi connectivity index (χ2v) is 7.58. The standard InChI is InChI=1S/C20H29N3O2/c24-20(23-11-10-22-12-13-25-16-19(22)15-23)18-6-8-21(9-7-18)14-17-4-2-1-3-5-17/h1-5,18-19H,6-16H2. The Kier molecular flexibility index (Phi) is 5.34. The first-order valence-electron chi connectivity index (χ1n) is 9.66. The van der Waals surface area contributed by atoms with Gasteiger partial charge in [-0.15, -0.1) is 0 Å². The van der Waals surface area contributed by atoms with E-state index in [0.717, 1.165) is 71.9 Å². The Balaban J connectivity index is 1.26. The molecule has 136 valence electrons. The Morgan fingerprint density at radius 1 is 1.04 bits per heavy atom. The molecule has 1 aromatic carbocycles. The minimum Gasteiger partial charge on any atom is -0.378 e. The van der Waals surface area contributed by atoms with Gasteiger partial charge in [0, 0.05) is 38.6 Å². The van der Waals surface area contributed by atoms with Gasteiger partial charge in [0.2, 0.25) is 5.91 Å². The van der Waals surface area contributed by atoms with Crippen LogP contribution in [0.25, 0.3) is 0 Å². The first-order valence-corrected chi connectivity index (χ1v) is 9.66. The van der Waals surface area contributed by atoms with E-state index in [-0.39, 0.29) is 5.92 Å². The van der Waals surface area contributed by atoms with Crippen molar-refractivity contribution in [3.05, 3.63) is 35.9 Å². The highest BCUT2D eigenvalue weighted by molar-refractivity contribution is 5.79. The summed E-state index contributed by atoms with van der Waals surface area (Å²) in [4.78, 5) is 20.0. The first-order chi connectivity index (χ1) is 12.3. The number of carbonyl (C=O) groups is 1. The van der Waals surface area contributed by atoms with Gasteiger partial charge in [-0.1, -0.05) is 30.3 Å². The summed E-state index contributed by atoms with van der Waals surface area (Å²) >= 11 is 0. The molecule has 0 N–H and O–H groups in total. The van der Waals surface area contributed by atoms with Crippen LogP contribution >= 0.6 is 0 Å². The summed E-state index contributed by atoms with van der Waals surface area (Å²) < 4.78 is 5.60. The number of fused-ring (bicyclic) bond motifs is 1. The Labute approximate surface area is 150 Å². The molecule has 0 aliphatic carbocycles. The number of hydrogen-bond acceptors (Lipinski definition) is 4. The number of ether oxygens (including phenoxy) is 1. The van der Waals surface area contributed by atoms with E-state index in [9.17, 15) is 4.79 Å². The number of benzene rings is 1. The van der Waals surface area contributed by atoms with Crippen LogP contribution in [0.1, 0.15) is 18.4 Å². The molecule has 1 aromatic rings. The molecule has 5 heteroatoms. The van der Waals surface area contributed by atoms with Gasteiger partial charge < -0.3 is 9.64 Å². The zero-order chi connectivity index (χ0) is 17.1. The molecule has 0 bridgehead atoms. The highest BCUT2D eigenvalue weighted by Crippen LogP contribution is 2.23. The van der Waals surface area contributed by atoms with Crippen LogP contribution in [0.3, 0.4) is 0 Å². The minimum atomic E-state index is 0.211. The number of carbonyl (C=O) groups excluding carboxylic acids is 1. The summed E-state index contributed by atoms with van der Waals surface area (Å²) in [5, 5.41) is 0. The average molecular weight is 343 g/mol. The van der Waals surface area contributed by atoms with Crippen molar-refractivity contribution >= 4 is 5.91 Å². The third-order valence-corrected chi connectivity index (χ3v) is 5.94. The zero-order valence-corrected chi connectivity index (χ0v) is 15.0. The second kappa shape index (κ2) is 7.85. The largest absolute Gasteiger partial charge is 0.378 e. The molecule has 1 amide bonds. The van der Waals surface area contributed by atoms with Crippen LogP contribution in [0.4, 0.5) is 0 Å². The number of morpholine rings is 1. The van der Waals surface area contributed by atoms with Crippen molar-refractivity contribution in [2.45, 2.75) is 25.4 Å². The zero-order valence-electron chi connectivity index (χ0n) is 15.0. The molecule has 1 unspecified atom stereocenters. The van der Waals surface area contributed by atoms with E-state index >= 15 is 0 Å². The van der Waals surface area contributed by atoms with Gasteiger partial charge in [0.1, 0.15) is 0 Å². The van der Waals surface area contributed by atoms with Crippen LogP contribution in [-0.2, 0) is 16.1 Å². The third-order valence-electron chi connectivity index (χ3n) is 5.94. The van der Waals surface area contributed by atoms with Crippen LogP contribution in [0, 0.1) is 5.92 Å². The second-order valence-electron chi connectivity index (χ2n) is 7.58. The molecule has 3 heterocycles. The summed E-state index contributed by atoms with van der Waals surface area (Å²) in [6.07, 6.45) is 1.99. The predicted molar refractivity (Wildman–Crippen MR) is 97.2 cm³/mol. The topological polar surface area (TPSA) is 36.0 Å². The highest BCUT2D eigenvalue weighted by atomic mass is 16.5. The lowest BCUT2D eigenvalue weighted by Gasteiger charge is -2.45. The number of piperidine rings is 1. The van der Waals surface area contributed by atoms with Crippen molar-refractivity contribution in [2.24, 2.45) is 5.92 Å². The van der Waals surface area contributed by atoms with Crippen molar-refractivity contribution in [1.82, 2.24) is 14.7 Å². The molecular formula is C20H29N3O2. The molecule has 0 radical (unpaired) electrons. The van der Waals surface area contributed by atoms with Gasteiger partial charge in [-0.25, -0.2) is 0 Å². The molecule has 0 saturated carbocycles. The molecule has 5 nitrogen and oxygen atoms in total. The smallest absolute Gasteiger partial charge is 0.225 e. The quantitative estimate of drug-likeness (QED) is 0.832. The van der Waals surface area contributed by atoms with E-state index in [1.165, 1.54) is 5.56 Å². The number of likely N-dealkylation sites (tertiary alicyclic amines) is 1. The van der Waals surface area contributed by atoms with E-state index in [0.29, 0.717) is 11.9 Å². The number of nitrogens with zero attached hydrogens (tertiary/aromatic N) is 3. The molecule has 3 fully saturated rings. The van der Waals surface area contributed by atoms with Crippen molar-refractivity contribution in [3.63, 3.8) is 0 Å². The van der Waals surface area contributed by atoms with Crippen LogP contribution in [-0.4, -0.2) is 79.1 Å². The molecule has 25 heavy (non-hydrogen) atoms. The Morgan fingerprint density at radius 3 is 2.64 bits per heavy atom. The van der Waals surface area contributed by atoms with Gasteiger partial charge >= 0.3 is 0 Å². The summed E-state index contributed by atoms with van der Waals surface area (Å²) in [6.45, 7) is 8.43. The predicted octanol–water partition coefficient (Wildman–Crippen LogP) is 1.44. The highest BCUT2D eigenvalue weighted by Gasteiger charge is 2.35. The molecule has 0 aromatic heterocycles. The van der Waals surface area contributed by atoms with Gasteiger partial charge in [0.15, 0.2) is 0 Å². The minimum absolute atomic E-state index is 0.211. The molecule has 3 aliphatic rings. The van der Waals surface area contributed by atoms with Crippen LogP contribution in [0.15, 0.2) is 30.3 Å². The van der Waals surface area contributed by atoms with Crippen molar-refractivity contribution in [3.8, 4) is 0 Å². The summed E-state index contributed by atoms with van der Waals surface area (Å²) in [6, 6.07) is 11.0. The molecule has 1 atom stereocenters. The monoisotopic (exact) mass is 343 g/mol. The average Bonchev–Trinajstić information content (AvgIpc) is 2.68. The first kappa shape index (κ1) is 17.0. The van der Waals surface area contributed by atoms with E-state index in [2.05, 4.69) is 45.0 Å². The van der Waals surface area contributed by atoms with E-state index in [1.807, 2.05) is 0 Å². The fraction of sp³-hybridized carbons (Fsp3) is 0.650. The Bertz CT molecular complexity index is 572. The van der Waals surface area contributed by atoms with Gasteiger partial charge in [-0.05, 0) is 31.5 Å². The van der Waals surface area contributed by atoms with Gasteiger partial charge in [0.05, 0.1) is 19.3 Å². The fourth-order valence-electron chi connectivity index (χ4n) is 4.38. The van der Waals surface area contributed by atoms with Crippen LogP contribution in [0.5, 0.6) is 0 Å². The number of rotatable bonds is 3. The number of piperazine rings is 1. The van der Waals surface area contributed by atoms with Crippen molar-refractivity contribution in [1.29, 1.82) is 0 Å². The lowest BCUT2D eigenvalue weighted by Crippen LogP contribution is -2.60.